The molecule has 2 N–H and O–H groups in total. The second-order valence-corrected chi connectivity index (χ2v) is 11.8. The number of amides is 1. The van der Waals surface area contributed by atoms with Crippen molar-refractivity contribution < 1.29 is 58.9 Å². The summed E-state index contributed by atoms with van der Waals surface area (Å²) in [6.45, 7) is 3.12. The topological polar surface area (TPSA) is 135 Å². The highest BCUT2D eigenvalue weighted by Crippen LogP contribution is 2.40. The van der Waals surface area contributed by atoms with Crippen molar-refractivity contribution in [3.05, 3.63) is 42.2 Å². The number of nitrogens with one attached hydrogen (secondary N) is 1. The maximum absolute atomic E-state index is 13.6. The SMILES string of the molecule is CC(C)(C#CC1CN(S(=O)(=O)c2cncc(C(F)(F)F)c2)c2cc(NC(=O)OC(C)(C)C(F)(F)F)ccc2O1)C(=O)O. The Kier molecular flexibility index (Phi) is 8.38. The fraction of sp³-hybridized carbons (Fsp3) is 0.400. The molecule has 3 rings (SSSR count). The highest BCUT2D eigenvalue weighted by molar-refractivity contribution is 7.92. The zero-order valence-electron chi connectivity index (χ0n) is 22.2. The predicted octanol–water partition coefficient (Wildman–Crippen LogP) is 5.06. The number of hydrogen-bond acceptors (Lipinski definition) is 7. The van der Waals surface area contributed by atoms with Crippen molar-refractivity contribution in [2.45, 2.75) is 56.6 Å². The van der Waals surface area contributed by atoms with E-state index < -0.39 is 68.6 Å². The number of carbonyl (C=O) groups is 2. The highest BCUT2D eigenvalue weighted by atomic mass is 32.2. The van der Waals surface area contributed by atoms with E-state index in [0.29, 0.717) is 36.6 Å². The molecule has 2 aromatic rings. The first kappa shape index (κ1) is 32.3. The molecule has 17 heteroatoms. The maximum atomic E-state index is 13.6. The van der Waals surface area contributed by atoms with Gasteiger partial charge in [0.15, 0.2) is 6.10 Å². The Bertz CT molecular complexity index is 1560. The Morgan fingerprint density at radius 2 is 1.74 bits per heavy atom. The molecule has 228 valence electrons. The zero-order valence-corrected chi connectivity index (χ0v) is 23.0. The third kappa shape index (κ3) is 6.98. The molecule has 0 aliphatic carbocycles. The summed E-state index contributed by atoms with van der Waals surface area (Å²) in [5, 5.41) is 11.3. The van der Waals surface area contributed by atoms with Crippen LogP contribution >= 0.6 is 0 Å². The minimum Gasteiger partial charge on any atom is -0.480 e. The summed E-state index contributed by atoms with van der Waals surface area (Å²) in [7, 11) is -4.84. The maximum Gasteiger partial charge on any atom is 0.427 e. The lowest BCUT2D eigenvalue weighted by Crippen LogP contribution is -2.44. The number of pyridine rings is 1. The van der Waals surface area contributed by atoms with Crippen LogP contribution in [0.3, 0.4) is 0 Å². The molecule has 1 amide bonds. The van der Waals surface area contributed by atoms with E-state index in [4.69, 9.17) is 4.74 Å². The van der Waals surface area contributed by atoms with Gasteiger partial charge in [0, 0.05) is 18.1 Å². The minimum atomic E-state index is -4.93. The van der Waals surface area contributed by atoms with Crippen molar-refractivity contribution in [3.8, 4) is 17.6 Å². The Morgan fingerprint density at radius 1 is 1.10 bits per heavy atom. The van der Waals surface area contributed by atoms with E-state index in [2.05, 4.69) is 21.6 Å². The number of rotatable bonds is 5. The summed E-state index contributed by atoms with van der Waals surface area (Å²) < 4.78 is 117. The van der Waals surface area contributed by atoms with Crippen LogP contribution in [0.1, 0.15) is 33.3 Å². The molecule has 0 bridgehead atoms. The second kappa shape index (κ2) is 10.9. The number of carboxylic acids is 1. The Morgan fingerprint density at radius 3 is 2.31 bits per heavy atom. The molecule has 0 saturated heterocycles. The lowest BCUT2D eigenvalue weighted by molar-refractivity contribution is -0.242. The van der Waals surface area contributed by atoms with Gasteiger partial charge in [-0.15, -0.1) is 0 Å². The van der Waals surface area contributed by atoms with Crippen LogP contribution in [-0.2, 0) is 25.7 Å². The van der Waals surface area contributed by atoms with E-state index in [0.717, 1.165) is 18.2 Å². The van der Waals surface area contributed by atoms with Gasteiger partial charge in [-0.25, -0.2) is 13.2 Å². The van der Waals surface area contributed by atoms with Gasteiger partial charge in [-0.3, -0.25) is 19.4 Å². The average molecular weight is 624 g/mol. The molecule has 0 spiro atoms. The summed E-state index contributed by atoms with van der Waals surface area (Å²) in [6.07, 6.45) is -11.6. The fourth-order valence-electron chi connectivity index (χ4n) is 3.22. The van der Waals surface area contributed by atoms with Crippen LogP contribution in [0.4, 0.5) is 42.5 Å². The predicted molar refractivity (Wildman–Crippen MR) is 134 cm³/mol. The van der Waals surface area contributed by atoms with Gasteiger partial charge in [0.25, 0.3) is 10.0 Å². The number of anilines is 2. The molecule has 10 nitrogen and oxygen atoms in total. The van der Waals surface area contributed by atoms with Crippen molar-refractivity contribution >= 4 is 33.5 Å². The number of sulfonamides is 1. The normalized spacial score (nSPS) is 16.0. The molecule has 1 atom stereocenters. The molecule has 1 aromatic heterocycles. The van der Waals surface area contributed by atoms with Crippen molar-refractivity contribution in [1.82, 2.24) is 4.98 Å². The number of carbonyl (C=O) groups excluding carboxylic acids is 1. The first-order chi connectivity index (χ1) is 19.0. The van der Waals surface area contributed by atoms with E-state index in [-0.39, 0.29) is 17.1 Å². The first-order valence-electron chi connectivity index (χ1n) is 11.7. The largest absolute Gasteiger partial charge is 0.480 e. The number of fused-ring (bicyclic) bond motifs is 1. The van der Waals surface area contributed by atoms with Crippen LogP contribution in [0, 0.1) is 17.3 Å². The van der Waals surface area contributed by atoms with Gasteiger partial charge in [-0.2, -0.15) is 26.3 Å². The number of nitrogens with zero attached hydrogens (tertiary/aromatic N) is 2. The number of aromatic nitrogens is 1. The average Bonchev–Trinajstić information content (AvgIpc) is 2.85. The summed E-state index contributed by atoms with van der Waals surface area (Å²) in [6, 6.07) is 3.60. The van der Waals surface area contributed by atoms with Crippen molar-refractivity contribution in [3.63, 3.8) is 0 Å². The van der Waals surface area contributed by atoms with Crippen LogP contribution in [0.15, 0.2) is 41.6 Å². The quantitative estimate of drug-likeness (QED) is 0.349. The smallest absolute Gasteiger partial charge is 0.427 e. The highest BCUT2D eigenvalue weighted by Gasteiger charge is 2.51. The van der Waals surface area contributed by atoms with Gasteiger partial charge in [0.1, 0.15) is 16.1 Å². The monoisotopic (exact) mass is 623 g/mol. The summed E-state index contributed by atoms with van der Waals surface area (Å²) in [4.78, 5) is 26.1. The first-order valence-corrected chi connectivity index (χ1v) is 13.2. The Labute approximate surface area is 235 Å². The lowest BCUT2D eigenvalue weighted by atomic mass is 9.94. The second-order valence-electron chi connectivity index (χ2n) is 9.95. The number of carboxylic acid groups (broad SMARTS) is 1. The van der Waals surface area contributed by atoms with Crippen LogP contribution in [0.5, 0.6) is 5.75 Å². The number of halogens is 6. The number of benzene rings is 1. The van der Waals surface area contributed by atoms with Gasteiger partial charge < -0.3 is 14.6 Å². The van der Waals surface area contributed by atoms with Gasteiger partial charge in [0.2, 0.25) is 5.60 Å². The number of hydrogen-bond donors (Lipinski definition) is 2. The van der Waals surface area contributed by atoms with Gasteiger partial charge >= 0.3 is 24.4 Å². The summed E-state index contributed by atoms with van der Waals surface area (Å²) >= 11 is 0. The Balaban J connectivity index is 2.07. The molecule has 1 aliphatic rings. The molecule has 0 saturated carbocycles. The van der Waals surface area contributed by atoms with Gasteiger partial charge in [-0.1, -0.05) is 11.8 Å². The number of aliphatic carboxylic acids is 1. The molecule has 2 heterocycles. The zero-order chi connectivity index (χ0) is 31.9. The molecule has 1 unspecified atom stereocenters. The van der Waals surface area contributed by atoms with Crippen molar-refractivity contribution in [1.29, 1.82) is 0 Å². The van der Waals surface area contributed by atoms with Crippen LogP contribution < -0.4 is 14.4 Å². The van der Waals surface area contributed by atoms with Crippen molar-refractivity contribution in [2.24, 2.45) is 5.41 Å². The molecular formula is C25H23F6N3O7S. The number of ether oxygens (including phenoxy) is 2. The van der Waals surface area contributed by atoms with Crippen LogP contribution in [-0.4, -0.2) is 55.0 Å². The standard InChI is InChI=1S/C25H23F6N3O7S/c1-22(2,20(35)36)8-7-16-13-34(42(38,39)17-9-14(11-32-12-17)24(26,27)28)18-10-15(5-6-19(18)40-16)33-21(37)41-23(3,4)25(29,30)31/h5-6,9-12,16H,13H2,1-4H3,(H,33,37)(H,35,36). The van der Waals surface area contributed by atoms with Crippen LogP contribution in [0.25, 0.3) is 0 Å². The van der Waals surface area contributed by atoms with E-state index in [9.17, 15) is 49.5 Å². The van der Waals surface area contributed by atoms with Gasteiger partial charge in [-0.05, 0) is 52.0 Å². The fourth-order valence-corrected chi connectivity index (χ4v) is 4.68. The van der Waals surface area contributed by atoms with E-state index >= 15 is 0 Å². The molecule has 0 radical (unpaired) electrons. The van der Waals surface area contributed by atoms with E-state index in [1.165, 1.54) is 13.8 Å². The lowest BCUT2D eigenvalue weighted by Gasteiger charge is -2.34. The summed E-state index contributed by atoms with van der Waals surface area (Å²) in [5.74, 6) is 3.47. The molecule has 1 aromatic carbocycles. The Hall–Kier alpha value is -4.20. The molecular weight excluding hydrogens is 600 g/mol. The third-order valence-corrected chi connectivity index (χ3v) is 7.56. The number of alkyl halides is 6. The molecule has 0 fully saturated rings. The third-order valence-electron chi connectivity index (χ3n) is 5.81. The van der Waals surface area contributed by atoms with Gasteiger partial charge in [0.05, 0.1) is 17.8 Å². The molecule has 42 heavy (non-hydrogen) atoms. The summed E-state index contributed by atoms with van der Waals surface area (Å²) in [5.41, 5.74) is -6.39. The van der Waals surface area contributed by atoms with E-state index in [1.54, 1.807) is 0 Å². The molecule has 1 aliphatic heterocycles. The van der Waals surface area contributed by atoms with Crippen LogP contribution in [0.2, 0.25) is 0 Å². The minimum absolute atomic E-state index is 0.202. The van der Waals surface area contributed by atoms with E-state index in [1.807, 2.05) is 5.32 Å². The van der Waals surface area contributed by atoms with Crippen molar-refractivity contribution in [2.75, 3.05) is 16.2 Å².